The fourth-order valence-electron chi connectivity index (χ4n) is 6.00. The molecule has 2 atom stereocenters. The summed E-state index contributed by atoms with van der Waals surface area (Å²) >= 11 is 0. The number of fused-ring (bicyclic) bond motifs is 5. The Bertz CT molecular complexity index is 1310. The molecular formula is C25H21F2N5. The first kappa shape index (κ1) is 19.3. The van der Waals surface area contributed by atoms with Crippen molar-refractivity contribution in [2.24, 2.45) is 10.4 Å². The molecule has 0 spiro atoms. The normalized spacial score (nSPS) is 24.6. The van der Waals surface area contributed by atoms with Crippen LogP contribution in [0, 0.1) is 17.0 Å². The third kappa shape index (κ3) is 2.39. The van der Waals surface area contributed by atoms with Gasteiger partial charge in [0.2, 0.25) is 0 Å². The zero-order chi connectivity index (χ0) is 22.1. The maximum absolute atomic E-state index is 14.4. The van der Waals surface area contributed by atoms with Crippen molar-refractivity contribution in [3.8, 4) is 11.3 Å². The number of allylic oxidation sites excluding steroid dienone is 1. The molecule has 7 heteroatoms. The van der Waals surface area contributed by atoms with Gasteiger partial charge in [-0.3, -0.25) is 4.99 Å². The van der Waals surface area contributed by atoms with Crippen LogP contribution in [0.25, 0.3) is 16.8 Å². The van der Waals surface area contributed by atoms with E-state index >= 15 is 0 Å². The van der Waals surface area contributed by atoms with Crippen LogP contribution in [0.5, 0.6) is 0 Å². The molecule has 0 radical (unpaired) electrons. The minimum atomic E-state index is -0.635. The quantitative estimate of drug-likeness (QED) is 0.595. The molecule has 1 aromatic carbocycles. The van der Waals surface area contributed by atoms with Crippen molar-refractivity contribution in [3.63, 3.8) is 0 Å². The van der Waals surface area contributed by atoms with E-state index < -0.39 is 17.0 Å². The van der Waals surface area contributed by atoms with Crippen molar-refractivity contribution in [2.45, 2.75) is 38.0 Å². The van der Waals surface area contributed by atoms with Crippen molar-refractivity contribution >= 4 is 11.8 Å². The maximum Gasteiger partial charge on any atom is 0.157 e. The van der Waals surface area contributed by atoms with Crippen LogP contribution in [-0.4, -0.2) is 32.9 Å². The molecule has 0 saturated heterocycles. The van der Waals surface area contributed by atoms with Crippen LogP contribution < -0.4 is 0 Å². The molecule has 160 valence electrons. The summed E-state index contributed by atoms with van der Waals surface area (Å²) in [5.74, 6) is -0.387. The second kappa shape index (κ2) is 6.58. The monoisotopic (exact) mass is 429 g/mol. The Labute approximate surface area is 184 Å². The minimum absolute atomic E-state index is 0.130. The van der Waals surface area contributed by atoms with Crippen LogP contribution in [-0.2, 0) is 5.41 Å². The first-order valence-corrected chi connectivity index (χ1v) is 10.8. The van der Waals surface area contributed by atoms with Gasteiger partial charge < -0.3 is 0 Å². The lowest BCUT2D eigenvalue weighted by Gasteiger charge is -2.37. The Morgan fingerprint density at radius 1 is 1.06 bits per heavy atom. The Morgan fingerprint density at radius 2 is 1.88 bits per heavy atom. The molecule has 1 aliphatic heterocycles. The molecule has 6 rings (SSSR count). The molecule has 3 heterocycles. The molecule has 0 N–H and O–H groups in total. The maximum atomic E-state index is 14.4. The lowest BCUT2D eigenvalue weighted by Crippen LogP contribution is -2.38. The summed E-state index contributed by atoms with van der Waals surface area (Å²) in [6.07, 6.45) is 7.36. The molecule has 5 nitrogen and oxygen atoms in total. The van der Waals surface area contributed by atoms with Gasteiger partial charge in [-0.1, -0.05) is 19.9 Å². The van der Waals surface area contributed by atoms with Gasteiger partial charge >= 0.3 is 0 Å². The second-order valence-electron chi connectivity index (χ2n) is 9.30. The third-order valence-corrected chi connectivity index (χ3v) is 7.62. The molecule has 32 heavy (non-hydrogen) atoms. The van der Waals surface area contributed by atoms with Gasteiger partial charge in [0.25, 0.3) is 0 Å². The number of nitrogens with zero attached hydrogens (tertiary/aromatic N) is 5. The Balaban J connectivity index is 1.52. The van der Waals surface area contributed by atoms with E-state index in [4.69, 9.17) is 4.98 Å². The summed E-state index contributed by atoms with van der Waals surface area (Å²) < 4.78 is 28.8. The number of aromatic nitrogens is 4. The van der Waals surface area contributed by atoms with Crippen LogP contribution in [0.3, 0.4) is 0 Å². The van der Waals surface area contributed by atoms with Crippen LogP contribution in [0.4, 0.5) is 8.78 Å². The van der Waals surface area contributed by atoms with Crippen molar-refractivity contribution in [3.05, 3.63) is 77.0 Å². The highest BCUT2D eigenvalue weighted by molar-refractivity contribution is 5.88. The van der Waals surface area contributed by atoms with Gasteiger partial charge in [0.1, 0.15) is 11.6 Å². The standard InChI is InChI=1S/C25H21F2N5/c1-24(2)16-6-9-25(24,20-8-11-29-23(30-20)14-7-10-28-13-14)22-15(16)12-19(31-32-22)21-17(26)4-3-5-18(21)27/h3-5,7-8,10-12,16H,6,9,13H2,1-2H3/t16-,25-/m0/s1. The van der Waals surface area contributed by atoms with E-state index in [0.29, 0.717) is 12.4 Å². The Morgan fingerprint density at radius 3 is 2.62 bits per heavy atom. The van der Waals surface area contributed by atoms with E-state index in [1.54, 1.807) is 12.4 Å². The fraction of sp³-hybridized carbons (Fsp3) is 0.320. The van der Waals surface area contributed by atoms with E-state index in [2.05, 4.69) is 34.0 Å². The van der Waals surface area contributed by atoms with Crippen molar-refractivity contribution in [1.29, 1.82) is 0 Å². The van der Waals surface area contributed by atoms with Gasteiger partial charge in [0.15, 0.2) is 5.82 Å². The van der Waals surface area contributed by atoms with Crippen molar-refractivity contribution in [1.82, 2.24) is 20.2 Å². The van der Waals surface area contributed by atoms with Gasteiger partial charge in [-0.05, 0) is 60.1 Å². The second-order valence-corrected chi connectivity index (χ2v) is 9.30. The molecule has 2 aromatic heterocycles. The number of halogens is 2. The molecule has 2 aliphatic carbocycles. The van der Waals surface area contributed by atoms with E-state index in [1.165, 1.54) is 18.2 Å². The molecule has 3 aromatic rings. The predicted octanol–water partition coefficient (Wildman–Crippen LogP) is 4.88. The summed E-state index contributed by atoms with van der Waals surface area (Å²) in [5.41, 5.74) is 3.28. The van der Waals surface area contributed by atoms with Crippen LogP contribution in [0.15, 0.2) is 47.6 Å². The van der Waals surface area contributed by atoms with Crippen molar-refractivity contribution < 1.29 is 8.78 Å². The fourth-order valence-corrected chi connectivity index (χ4v) is 6.00. The highest BCUT2D eigenvalue weighted by Gasteiger charge is 2.65. The number of aliphatic imine (C=N–C) groups is 1. The molecule has 2 bridgehead atoms. The molecular weight excluding hydrogens is 408 g/mol. The molecule has 1 saturated carbocycles. The van der Waals surface area contributed by atoms with Gasteiger partial charge in [-0.2, -0.15) is 5.10 Å². The summed E-state index contributed by atoms with van der Waals surface area (Å²) in [7, 11) is 0. The van der Waals surface area contributed by atoms with E-state index in [0.717, 1.165) is 35.4 Å². The number of rotatable bonds is 3. The lowest BCUT2D eigenvalue weighted by atomic mass is 9.66. The summed E-state index contributed by atoms with van der Waals surface area (Å²) in [6, 6.07) is 7.63. The largest absolute Gasteiger partial charge is 0.288 e. The van der Waals surface area contributed by atoms with Gasteiger partial charge in [0, 0.05) is 18.0 Å². The molecule has 0 amide bonds. The molecule has 1 fully saturated rings. The van der Waals surface area contributed by atoms with Crippen LogP contribution >= 0.6 is 0 Å². The average Bonchev–Trinajstić information content (AvgIpc) is 3.45. The van der Waals surface area contributed by atoms with Crippen LogP contribution in [0.2, 0.25) is 0 Å². The van der Waals surface area contributed by atoms with E-state index in [9.17, 15) is 8.78 Å². The van der Waals surface area contributed by atoms with Gasteiger partial charge in [-0.25, -0.2) is 18.7 Å². The Kier molecular flexibility index (Phi) is 3.97. The lowest BCUT2D eigenvalue weighted by molar-refractivity contribution is 0.242. The summed E-state index contributed by atoms with van der Waals surface area (Å²) in [6.45, 7) is 5.04. The summed E-state index contributed by atoms with van der Waals surface area (Å²) in [5, 5.41) is 8.88. The average molecular weight is 429 g/mol. The SMILES string of the molecule is CC1(C)[C@H]2CC[C@]1(c1ccnc(C3=CC=NC3)n1)c1nnc(-c3c(F)cccc3F)cc12. The smallest absolute Gasteiger partial charge is 0.157 e. The Hall–Kier alpha value is -3.35. The minimum Gasteiger partial charge on any atom is -0.288 e. The van der Waals surface area contributed by atoms with E-state index in [1.807, 2.05) is 18.2 Å². The molecule has 0 unspecified atom stereocenters. The molecule has 3 aliphatic rings. The highest BCUT2D eigenvalue weighted by atomic mass is 19.1. The third-order valence-electron chi connectivity index (χ3n) is 7.62. The number of benzene rings is 1. The number of hydrogen-bond donors (Lipinski definition) is 0. The predicted molar refractivity (Wildman–Crippen MR) is 117 cm³/mol. The van der Waals surface area contributed by atoms with Gasteiger partial charge in [-0.15, -0.1) is 5.10 Å². The zero-order valence-corrected chi connectivity index (χ0v) is 17.8. The first-order valence-electron chi connectivity index (χ1n) is 10.8. The topological polar surface area (TPSA) is 63.9 Å². The van der Waals surface area contributed by atoms with E-state index in [-0.39, 0.29) is 22.6 Å². The van der Waals surface area contributed by atoms with Crippen LogP contribution in [0.1, 0.15) is 55.4 Å². The van der Waals surface area contributed by atoms with Gasteiger partial charge in [0.05, 0.1) is 34.6 Å². The summed E-state index contributed by atoms with van der Waals surface area (Å²) in [4.78, 5) is 13.7. The number of hydrogen-bond acceptors (Lipinski definition) is 5. The van der Waals surface area contributed by atoms with Crippen molar-refractivity contribution in [2.75, 3.05) is 6.54 Å². The zero-order valence-electron chi connectivity index (χ0n) is 17.8. The first-order chi connectivity index (χ1) is 15.4. The highest BCUT2D eigenvalue weighted by Crippen LogP contribution is 2.69.